The molecule has 0 aliphatic rings. The van der Waals surface area contributed by atoms with E-state index in [1.165, 1.54) is 7.11 Å². The van der Waals surface area contributed by atoms with Crippen LogP contribution in [0.1, 0.15) is 5.56 Å². The molecule has 0 aliphatic heterocycles. The molecule has 0 unspecified atom stereocenters. The molecule has 1 N–H and O–H groups in total. The third-order valence-electron chi connectivity index (χ3n) is 1.59. The standard InChI is InChI=1S/C10H12N2O2/c1-14-10(13)8-12-11-7-9-5-3-2-4-6-9/h2-6,8,11H,7H2,1H3. The van der Waals surface area contributed by atoms with Crippen LogP contribution in [-0.2, 0) is 16.1 Å². The van der Waals surface area contributed by atoms with E-state index in [1.54, 1.807) is 0 Å². The number of nitrogens with one attached hydrogen (secondary N) is 1. The zero-order valence-electron chi connectivity index (χ0n) is 7.93. The minimum atomic E-state index is -0.467. The first-order chi connectivity index (χ1) is 6.83. The van der Waals surface area contributed by atoms with Crippen molar-refractivity contribution in [3.63, 3.8) is 0 Å². The van der Waals surface area contributed by atoms with E-state index in [2.05, 4.69) is 15.3 Å². The molecule has 1 aromatic rings. The number of ether oxygens (including phenoxy) is 1. The lowest BCUT2D eigenvalue weighted by Crippen LogP contribution is -2.09. The lowest BCUT2D eigenvalue weighted by molar-refractivity contribution is -0.132. The topological polar surface area (TPSA) is 50.7 Å². The van der Waals surface area contributed by atoms with E-state index in [0.29, 0.717) is 6.54 Å². The Bertz CT molecular complexity index is 309. The lowest BCUT2D eigenvalue weighted by atomic mass is 10.2. The fourth-order valence-corrected chi connectivity index (χ4v) is 0.884. The first-order valence-corrected chi connectivity index (χ1v) is 4.20. The maximum Gasteiger partial charge on any atom is 0.350 e. The molecule has 0 amide bonds. The van der Waals surface area contributed by atoms with Gasteiger partial charge < -0.3 is 10.2 Å². The van der Waals surface area contributed by atoms with Gasteiger partial charge >= 0.3 is 5.97 Å². The van der Waals surface area contributed by atoms with Gasteiger partial charge in [-0.25, -0.2) is 4.79 Å². The number of nitrogens with zero attached hydrogens (tertiary/aromatic N) is 1. The van der Waals surface area contributed by atoms with Crippen LogP contribution in [-0.4, -0.2) is 19.3 Å². The van der Waals surface area contributed by atoms with Gasteiger partial charge in [-0.3, -0.25) is 0 Å². The van der Waals surface area contributed by atoms with Gasteiger partial charge in [0.15, 0.2) is 0 Å². The fraction of sp³-hybridized carbons (Fsp3) is 0.200. The summed E-state index contributed by atoms with van der Waals surface area (Å²) in [5.74, 6) is -0.467. The van der Waals surface area contributed by atoms with Crippen molar-refractivity contribution in [2.24, 2.45) is 5.10 Å². The molecule has 4 heteroatoms. The summed E-state index contributed by atoms with van der Waals surface area (Å²) in [4.78, 5) is 10.6. The van der Waals surface area contributed by atoms with Crippen LogP contribution in [0.3, 0.4) is 0 Å². The van der Waals surface area contributed by atoms with Crippen molar-refractivity contribution >= 4 is 12.2 Å². The van der Waals surface area contributed by atoms with Crippen molar-refractivity contribution in [1.82, 2.24) is 5.43 Å². The molecule has 0 spiro atoms. The third kappa shape index (κ3) is 3.71. The Morgan fingerprint density at radius 1 is 1.50 bits per heavy atom. The van der Waals surface area contributed by atoms with Crippen LogP contribution in [0.4, 0.5) is 0 Å². The second-order valence-corrected chi connectivity index (χ2v) is 2.60. The van der Waals surface area contributed by atoms with E-state index < -0.39 is 5.97 Å². The van der Waals surface area contributed by atoms with Crippen molar-refractivity contribution in [1.29, 1.82) is 0 Å². The molecule has 0 aliphatic carbocycles. The molecule has 0 atom stereocenters. The van der Waals surface area contributed by atoms with Gasteiger partial charge in [0.05, 0.1) is 13.7 Å². The van der Waals surface area contributed by atoms with Crippen molar-refractivity contribution in [3.05, 3.63) is 35.9 Å². The SMILES string of the molecule is COC(=O)C=NNCc1ccccc1. The highest BCUT2D eigenvalue weighted by Crippen LogP contribution is 1.96. The van der Waals surface area contributed by atoms with E-state index in [-0.39, 0.29) is 0 Å². The lowest BCUT2D eigenvalue weighted by Gasteiger charge is -1.98. The Hall–Kier alpha value is -1.84. The van der Waals surface area contributed by atoms with Crippen molar-refractivity contribution in [3.8, 4) is 0 Å². The van der Waals surface area contributed by atoms with Gasteiger partial charge in [0.2, 0.25) is 0 Å². The second kappa shape index (κ2) is 5.75. The molecule has 0 saturated heterocycles. The molecular formula is C10H12N2O2. The zero-order chi connectivity index (χ0) is 10.2. The second-order valence-electron chi connectivity index (χ2n) is 2.60. The number of hydrazone groups is 1. The van der Waals surface area contributed by atoms with Gasteiger partial charge in [-0.15, -0.1) is 0 Å². The highest BCUT2D eigenvalue weighted by molar-refractivity contribution is 6.22. The summed E-state index contributed by atoms with van der Waals surface area (Å²) in [5, 5.41) is 3.69. The van der Waals surface area contributed by atoms with Gasteiger partial charge in [0, 0.05) is 0 Å². The minimum Gasteiger partial charge on any atom is -0.465 e. The van der Waals surface area contributed by atoms with E-state index in [0.717, 1.165) is 11.8 Å². The maximum absolute atomic E-state index is 10.6. The molecule has 0 heterocycles. The molecule has 74 valence electrons. The average Bonchev–Trinajstić information content (AvgIpc) is 2.25. The summed E-state index contributed by atoms with van der Waals surface area (Å²) in [6, 6.07) is 9.78. The molecule has 14 heavy (non-hydrogen) atoms. The highest BCUT2D eigenvalue weighted by atomic mass is 16.5. The predicted octanol–water partition coefficient (Wildman–Crippen LogP) is 0.935. The first-order valence-electron chi connectivity index (χ1n) is 4.20. The molecule has 0 radical (unpaired) electrons. The molecule has 4 nitrogen and oxygen atoms in total. The first kappa shape index (κ1) is 10.2. The van der Waals surface area contributed by atoms with Crippen LogP contribution >= 0.6 is 0 Å². The molecule has 1 aromatic carbocycles. The fourth-order valence-electron chi connectivity index (χ4n) is 0.884. The predicted molar refractivity (Wildman–Crippen MR) is 53.8 cm³/mol. The molecule has 0 bridgehead atoms. The quantitative estimate of drug-likeness (QED) is 0.438. The number of benzene rings is 1. The Morgan fingerprint density at radius 2 is 2.21 bits per heavy atom. The van der Waals surface area contributed by atoms with Gasteiger partial charge in [-0.05, 0) is 5.56 Å². The largest absolute Gasteiger partial charge is 0.465 e. The molecule has 1 rings (SSSR count). The summed E-state index contributed by atoms with van der Waals surface area (Å²) >= 11 is 0. The Labute approximate surface area is 82.6 Å². The van der Waals surface area contributed by atoms with Crippen LogP contribution in [0, 0.1) is 0 Å². The number of esters is 1. The maximum atomic E-state index is 10.6. The number of carbonyl (C=O) groups excluding carboxylic acids is 1. The summed E-state index contributed by atoms with van der Waals surface area (Å²) in [6.45, 7) is 0.592. The van der Waals surface area contributed by atoms with E-state index >= 15 is 0 Å². The summed E-state index contributed by atoms with van der Waals surface area (Å²) in [7, 11) is 1.31. The van der Waals surface area contributed by atoms with Crippen LogP contribution in [0.5, 0.6) is 0 Å². The zero-order valence-corrected chi connectivity index (χ0v) is 7.93. The minimum absolute atomic E-state index is 0.467. The van der Waals surface area contributed by atoms with E-state index in [9.17, 15) is 4.79 Å². The van der Waals surface area contributed by atoms with Crippen molar-refractivity contribution < 1.29 is 9.53 Å². The van der Waals surface area contributed by atoms with Gasteiger partial charge in [0.25, 0.3) is 0 Å². The van der Waals surface area contributed by atoms with Gasteiger partial charge in [-0.1, -0.05) is 30.3 Å². The summed E-state index contributed by atoms with van der Waals surface area (Å²) in [5.41, 5.74) is 3.84. The van der Waals surface area contributed by atoms with Gasteiger partial charge in [-0.2, -0.15) is 5.10 Å². The number of carbonyl (C=O) groups is 1. The third-order valence-corrected chi connectivity index (χ3v) is 1.59. The van der Waals surface area contributed by atoms with Crippen molar-refractivity contribution in [2.45, 2.75) is 6.54 Å². The Morgan fingerprint density at radius 3 is 2.86 bits per heavy atom. The Balaban J connectivity index is 2.29. The van der Waals surface area contributed by atoms with Crippen LogP contribution in [0.15, 0.2) is 35.4 Å². The van der Waals surface area contributed by atoms with E-state index in [1.807, 2.05) is 30.3 Å². The van der Waals surface area contributed by atoms with E-state index in [4.69, 9.17) is 0 Å². The molecule has 0 fully saturated rings. The van der Waals surface area contributed by atoms with Crippen LogP contribution in [0.2, 0.25) is 0 Å². The average molecular weight is 192 g/mol. The number of methoxy groups -OCH3 is 1. The summed E-state index contributed by atoms with van der Waals surface area (Å²) in [6.07, 6.45) is 1.10. The number of hydrogen-bond donors (Lipinski definition) is 1. The van der Waals surface area contributed by atoms with Gasteiger partial charge in [0.1, 0.15) is 6.21 Å². The molecule has 0 aromatic heterocycles. The number of rotatable bonds is 4. The monoisotopic (exact) mass is 192 g/mol. The summed E-state index contributed by atoms with van der Waals surface area (Å²) < 4.78 is 4.37. The Kier molecular flexibility index (Phi) is 4.20. The van der Waals surface area contributed by atoms with Crippen molar-refractivity contribution in [2.75, 3.05) is 7.11 Å². The molecular weight excluding hydrogens is 180 g/mol. The normalized spacial score (nSPS) is 10.1. The smallest absolute Gasteiger partial charge is 0.350 e. The highest BCUT2D eigenvalue weighted by Gasteiger charge is 1.91. The number of hydrogen-bond acceptors (Lipinski definition) is 4. The molecule has 0 saturated carbocycles. The van der Waals surface area contributed by atoms with Crippen LogP contribution in [0.25, 0.3) is 0 Å². The van der Waals surface area contributed by atoms with Crippen LogP contribution < -0.4 is 5.43 Å².